The van der Waals surface area contributed by atoms with Crippen molar-refractivity contribution in [3.8, 4) is 0 Å². The summed E-state index contributed by atoms with van der Waals surface area (Å²) in [4.78, 5) is 26.3. The second-order valence-electron chi connectivity index (χ2n) is 2.91. The molecule has 0 saturated carbocycles. The summed E-state index contributed by atoms with van der Waals surface area (Å²) in [6, 6.07) is -0.393. The first kappa shape index (κ1) is 13.6. The summed E-state index contributed by atoms with van der Waals surface area (Å²) >= 11 is 0. The topological polar surface area (TPSA) is 67.4 Å². The summed E-state index contributed by atoms with van der Waals surface area (Å²) in [6.07, 6.45) is 1.44. The number of amides is 1. The van der Waals surface area contributed by atoms with Gasteiger partial charge in [0.05, 0.1) is 0 Å². The van der Waals surface area contributed by atoms with Crippen LogP contribution in [0.25, 0.3) is 0 Å². The van der Waals surface area contributed by atoms with E-state index in [1.54, 1.807) is 6.92 Å². The van der Waals surface area contributed by atoms with Crippen molar-refractivity contribution in [3.63, 3.8) is 0 Å². The molecule has 14 heavy (non-hydrogen) atoms. The summed E-state index contributed by atoms with van der Waals surface area (Å²) in [5.41, 5.74) is 2.88. The monoisotopic (exact) mass is 208 g/mol. The number of nitrogens with one attached hydrogen (secondary N) is 2. The Morgan fingerprint density at radius 1 is 1.71 bits per heavy atom. The molecule has 1 fully saturated rings. The van der Waals surface area contributed by atoms with E-state index in [-0.39, 0.29) is 49.3 Å². The van der Waals surface area contributed by atoms with Crippen LogP contribution in [0, 0.1) is 0 Å². The third-order valence-electron chi connectivity index (χ3n) is 1.56. The summed E-state index contributed by atoms with van der Waals surface area (Å²) in [6.45, 7) is 3.46. The fourth-order valence-corrected chi connectivity index (χ4v) is 1.07. The Morgan fingerprint density at radius 3 is 2.79 bits per heavy atom. The molecule has 1 heterocycles. The van der Waals surface area contributed by atoms with Gasteiger partial charge in [0.15, 0.2) is 5.78 Å². The average Bonchev–Trinajstić information content (AvgIpc) is 2.34. The van der Waals surface area contributed by atoms with Crippen LogP contribution in [-0.4, -0.2) is 24.3 Å². The van der Waals surface area contributed by atoms with Crippen molar-refractivity contribution in [2.45, 2.75) is 19.9 Å². The van der Waals surface area contributed by atoms with E-state index in [1.165, 1.54) is 13.0 Å². The third kappa shape index (κ3) is 4.23. The van der Waals surface area contributed by atoms with Crippen LogP contribution >= 0.6 is 0 Å². The van der Waals surface area contributed by atoms with Crippen molar-refractivity contribution in [1.82, 2.24) is 10.8 Å². The third-order valence-corrected chi connectivity index (χ3v) is 1.56. The van der Waals surface area contributed by atoms with Gasteiger partial charge in [0.25, 0.3) is 5.91 Å². The molecule has 1 unspecified atom stereocenters. The molecule has 74 valence electrons. The SMILES string of the molecule is CC(=O)/C=C(\C)NC1CONC1=O.[H-].[Na+]. The van der Waals surface area contributed by atoms with Gasteiger partial charge in [-0.2, -0.15) is 0 Å². The predicted molar refractivity (Wildman–Crippen MR) is 46.6 cm³/mol. The molecule has 0 aromatic rings. The predicted octanol–water partition coefficient (Wildman–Crippen LogP) is -3.38. The molecule has 0 aliphatic carbocycles. The molecule has 1 saturated heterocycles. The van der Waals surface area contributed by atoms with E-state index >= 15 is 0 Å². The van der Waals surface area contributed by atoms with E-state index in [4.69, 9.17) is 4.84 Å². The normalized spacial score (nSPS) is 21.1. The Balaban J connectivity index is 0. The van der Waals surface area contributed by atoms with E-state index in [9.17, 15) is 9.59 Å². The smallest absolute Gasteiger partial charge is 1.00 e. The maximum absolute atomic E-state index is 11.0. The molecule has 0 bridgehead atoms. The Bertz CT molecular complexity index is 271. The molecule has 0 radical (unpaired) electrons. The summed E-state index contributed by atoms with van der Waals surface area (Å²) in [5.74, 6) is -0.263. The Labute approximate surface area is 106 Å². The Kier molecular flexibility index (Phi) is 6.03. The molecular formula is C8H13N2NaO3. The number of hydroxylamine groups is 1. The zero-order valence-electron chi connectivity index (χ0n) is 9.59. The van der Waals surface area contributed by atoms with Gasteiger partial charge < -0.3 is 6.74 Å². The molecule has 6 heteroatoms. The van der Waals surface area contributed by atoms with E-state index in [0.29, 0.717) is 5.70 Å². The Morgan fingerprint density at radius 2 is 2.36 bits per heavy atom. The number of hydrogen-bond donors (Lipinski definition) is 2. The number of carbonyl (C=O) groups excluding carboxylic acids is 2. The molecule has 0 aromatic carbocycles. The minimum atomic E-state index is -0.393. The minimum absolute atomic E-state index is 0. The van der Waals surface area contributed by atoms with Gasteiger partial charge in [0.2, 0.25) is 0 Å². The molecule has 0 spiro atoms. The number of carbonyl (C=O) groups is 2. The molecule has 5 nitrogen and oxygen atoms in total. The van der Waals surface area contributed by atoms with Crippen molar-refractivity contribution >= 4 is 11.7 Å². The summed E-state index contributed by atoms with van der Waals surface area (Å²) < 4.78 is 0. The van der Waals surface area contributed by atoms with Crippen LogP contribution in [0.15, 0.2) is 11.8 Å². The minimum Gasteiger partial charge on any atom is -1.00 e. The number of rotatable bonds is 3. The molecule has 0 aromatic heterocycles. The average molecular weight is 208 g/mol. The number of ketones is 1. The fraction of sp³-hybridized carbons (Fsp3) is 0.500. The summed E-state index contributed by atoms with van der Waals surface area (Å²) in [5, 5.41) is 2.86. The van der Waals surface area contributed by atoms with Crippen LogP contribution in [0.4, 0.5) is 0 Å². The standard InChI is InChI=1S/C8H12N2O3.Na.H/c1-5(3-6(2)11)9-7-4-13-10-8(7)12;;/h3,7,9H,4H2,1-2H3,(H,10,12);;/q;+1;-1/b5-3+;;. The zero-order chi connectivity index (χ0) is 9.84. The second-order valence-corrected chi connectivity index (χ2v) is 2.91. The van der Waals surface area contributed by atoms with Crippen molar-refractivity contribution in [3.05, 3.63) is 11.8 Å². The van der Waals surface area contributed by atoms with Crippen LogP contribution in [0.1, 0.15) is 15.3 Å². The number of allylic oxidation sites excluding steroid dienone is 2. The first-order valence-electron chi connectivity index (χ1n) is 3.96. The van der Waals surface area contributed by atoms with Crippen molar-refractivity contribution in [1.29, 1.82) is 0 Å². The van der Waals surface area contributed by atoms with Gasteiger partial charge in [-0.25, -0.2) is 5.48 Å². The van der Waals surface area contributed by atoms with E-state index in [0.717, 1.165) is 0 Å². The van der Waals surface area contributed by atoms with Gasteiger partial charge in [0.1, 0.15) is 12.6 Å². The molecule has 1 aliphatic rings. The molecule has 1 aliphatic heterocycles. The molecule has 1 rings (SSSR count). The van der Waals surface area contributed by atoms with Gasteiger partial charge in [0, 0.05) is 5.70 Å². The van der Waals surface area contributed by atoms with Crippen LogP contribution in [-0.2, 0) is 14.4 Å². The van der Waals surface area contributed by atoms with E-state index in [2.05, 4.69) is 10.8 Å². The van der Waals surface area contributed by atoms with Gasteiger partial charge in [-0.05, 0) is 19.9 Å². The van der Waals surface area contributed by atoms with E-state index < -0.39 is 6.04 Å². The van der Waals surface area contributed by atoms with E-state index in [1.807, 2.05) is 0 Å². The first-order chi connectivity index (χ1) is 6.09. The Hall–Kier alpha value is -0.360. The number of hydrogen-bond acceptors (Lipinski definition) is 4. The van der Waals surface area contributed by atoms with Crippen LogP contribution in [0.5, 0.6) is 0 Å². The van der Waals surface area contributed by atoms with Gasteiger partial charge in [-0.3, -0.25) is 14.4 Å². The quantitative estimate of drug-likeness (QED) is 0.375. The van der Waals surface area contributed by atoms with Gasteiger partial charge in [-0.15, -0.1) is 0 Å². The largest absolute Gasteiger partial charge is 1.00 e. The van der Waals surface area contributed by atoms with Crippen molar-refractivity contribution in [2.24, 2.45) is 0 Å². The molecule has 1 amide bonds. The maximum Gasteiger partial charge on any atom is 1.00 e. The van der Waals surface area contributed by atoms with Gasteiger partial charge in [-0.1, -0.05) is 0 Å². The molecule has 1 atom stereocenters. The second kappa shape index (κ2) is 6.19. The van der Waals surface area contributed by atoms with Crippen molar-refractivity contribution < 1.29 is 45.4 Å². The van der Waals surface area contributed by atoms with Crippen LogP contribution in [0.2, 0.25) is 0 Å². The first-order valence-corrected chi connectivity index (χ1v) is 3.96. The maximum atomic E-state index is 11.0. The van der Waals surface area contributed by atoms with Crippen molar-refractivity contribution in [2.75, 3.05) is 6.61 Å². The van der Waals surface area contributed by atoms with Crippen LogP contribution < -0.4 is 40.4 Å². The molecule has 2 N–H and O–H groups in total. The fourth-order valence-electron chi connectivity index (χ4n) is 1.07. The molecular weight excluding hydrogens is 195 g/mol. The van der Waals surface area contributed by atoms with Gasteiger partial charge >= 0.3 is 29.6 Å². The van der Waals surface area contributed by atoms with Crippen LogP contribution in [0.3, 0.4) is 0 Å². The zero-order valence-corrected chi connectivity index (χ0v) is 10.6. The summed E-state index contributed by atoms with van der Waals surface area (Å²) in [7, 11) is 0.